The normalized spacial score (nSPS) is 12.6. The Morgan fingerprint density at radius 2 is 1.81 bits per heavy atom. The molecule has 16 heavy (non-hydrogen) atoms. The number of hydrogen-bond acceptors (Lipinski definition) is 3. The van der Waals surface area contributed by atoms with Crippen molar-refractivity contribution in [2.45, 2.75) is 38.8 Å². The monoisotopic (exact) mass is 242 g/mol. The Kier molecular flexibility index (Phi) is 3.41. The third kappa shape index (κ3) is 2.80. The van der Waals surface area contributed by atoms with Crippen LogP contribution in [0.25, 0.3) is 0 Å². The molecule has 0 amide bonds. The highest BCUT2D eigenvalue weighted by Gasteiger charge is 2.35. The van der Waals surface area contributed by atoms with Crippen LogP contribution in [0.3, 0.4) is 0 Å². The van der Waals surface area contributed by atoms with Crippen molar-refractivity contribution in [1.29, 1.82) is 0 Å². The molecule has 1 aromatic rings. The van der Waals surface area contributed by atoms with Crippen LogP contribution in [0, 0.1) is 0 Å². The molecule has 4 heteroatoms. The zero-order valence-corrected chi connectivity index (χ0v) is 10.9. The van der Waals surface area contributed by atoms with Crippen LogP contribution in [-0.4, -0.2) is 16.2 Å². The highest BCUT2D eigenvalue weighted by Crippen LogP contribution is 2.30. The lowest BCUT2D eigenvalue weighted by molar-refractivity contribution is 0.0241. The number of anilines is 2. The molecule has 90 valence electrons. The summed E-state index contributed by atoms with van der Waals surface area (Å²) < 4.78 is 0. The van der Waals surface area contributed by atoms with Crippen LogP contribution in [0.4, 0.5) is 11.4 Å². The molecule has 0 aliphatic carbocycles. The average molecular weight is 243 g/mol. The molecule has 0 atom stereocenters. The van der Waals surface area contributed by atoms with Crippen molar-refractivity contribution >= 4 is 23.0 Å². The quantitative estimate of drug-likeness (QED) is 0.715. The first-order chi connectivity index (χ1) is 7.13. The Hall–Kier alpha value is -0.930. The molecule has 0 bridgehead atoms. The predicted octanol–water partition coefficient (Wildman–Crippen LogP) is 2.88. The molecule has 0 radical (unpaired) electrons. The number of aliphatic hydroxyl groups is 1. The van der Waals surface area contributed by atoms with Crippen LogP contribution >= 0.6 is 11.6 Å². The van der Waals surface area contributed by atoms with Crippen LogP contribution < -0.4 is 11.1 Å². The molecule has 0 aliphatic heterocycles. The highest BCUT2D eigenvalue weighted by molar-refractivity contribution is 6.31. The maximum atomic E-state index is 10.0. The van der Waals surface area contributed by atoms with Gasteiger partial charge in [0, 0.05) is 5.02 Å². The first kappa shape index (κ1) is 13.1. The Morgan fingerprint density at radius 1 is 1.25 bits per heavy atom. The Bertz CT molecular complexity index is 383. The lowest BCUT2D eigenvalue weighted by Gasteiger charge is -2.39. The fourth-order valence-corrected chi connectivity index (χ4v) is 1.30. The van der Waals surface area contributed by atoms with Crippen molar-refractivity contribution < 1.29 is 5.11 Å². The van der Waals surface area contributed by atoms with Gasteiger partial charge in [0.05, 0.1) is 22.5 Å². The molecule has 0 saturated heterocycles. The molecule has 0 spiro atoms. The Morgan fingerprint density at radius 3 is 2.31 bits per heavy atom. The number of nitrogen functional groups attached to an aromatic ring is 1. The van der Waals surface area contributed by atoms with Crippen molar-refractivity contribution in [3.63, 3.8) is 0 Å². The number of rotatable bonds is 3. The van der Waals surface area contributed by atoms with Gasteiger partial charge in [0.1, 0.15) is 0 Å². The summed E-state index contributed by atoms with van der Waals surface area (Å²) in [5.41, 5.74) is 5.80. The largest absolute Gasteiger partial charge is 0.397 e. The minimum atomic E-state index is -0.873. The van der Waals surface area contributed by atoms with Crippen molar-refractivity contribution in [3.8, 4) is 0 Å². The second kappa shape index (κ2) is 4.15. The number of hydrogen-bond donors (Lipinski definition) is 3. The first-order valence-corrected chi connectivity index (χ1v) is 5.57. The van der Waals surface area contributed by atoms with Crippen LogP contribution in [0.1, 0.15) is 27.7 Å². The van der Waals surface area contributed by atoms with E-state index in [-0.39, 0.29) is 0 Å². The fraction of sp³-hybridized carbons (Fsp3) is 0.500. The topological polar surface area (TPSA) is 58.3 Å². The van der Waals surface area contributed by atoms with Crippen LogP contribution in [0.5, 0.6) is 0 Å². The molecule has 0 saturated carbocycles. The maximum absolute atomic E-state index is 10.0. The summed E-state index contributed by atoms with van der Waals surface area (Å²) in [5, 5.41) is 13.9. The van der Waals surface area contributed by atoms with E-state index in [2.05, 4.69) is 5.32 Å². The van der Waals surface area contributed by atoms with Gasteiger partial charge in [-0.15, -0.1) is 0 Å². The first-order valence-electron chi connectivity index (χ1n) is 5.19. The molecule has 0 aliphatic rings. The van der Waals surface area contributed by atoms with Gasteiger partial charge in [-0.3, -0.25) is 0 Å². The van der Waals surface area contributed by atoms with Gasteiger partial charge >= 0.3 is 0 Å². The molecule has 4 N–H and O–H groups in total. The number of halogens is 1. The molecule has 3 nitrogen and oxygen atoms in total. The predicted molar refractivity (Wildman–Crippen MR) is 69.9 cm³/mol. The van der Waals surface area contributed by atoms with E-state index in [9.17, 15) is 5.11 Å². The number of nitrogens with one attached hydrogen (secondary N) is 1. The lowest BCUT2D eigenvalue weighted by Crippen LogP contribution is -2.51. The van der Waals surface area contributed by atoms with E-state index in [1.165, 1.54) is 0 Å². The van der Waals surface area contributed by atoms with Gasteiger partial charge < -0.3 is 16.2 Å². The van der Waals surface area contributed by atoms with E-state index in [4.69, 9.17) is 17.3 Å². The smallest absolute Gasteiger partial charge is 0.0814 e. The Balaban J connectivity index is 3.01. The van der Waals surface area contributed by atoms with Gasteiger partial charge in [0.15, 0.2) is 0 Å². The van der Waals surface area contributed by atoms with Crippen molar-refractivity contribution in [2.24, 2.45) is 0 Å². The summed E-state index contributed by atoms with van der Waals surface area (Å²) >= 11 is 5.90. The minimum absolute atomic E-state index is 0.508. The zero-order valence-electron chi connectivity index (χ0n) is 10.1. The second-order valence-electron chi connectivity index (χ2n) is 5.04. The zero-order chi connectivity index (χ0) is 12.6. The van der Waals surface area contributed by atoms with Gasteiger partial charge in [0.2, 0.25) is 0 Å². The molecule has 1 aromatic carbocycles. The van der Waals surface area contributed by atoms with Gasteiger partial charge in [0.25, 0.3) is 0 Å². The van der Waals surface area contributed by atoms with Crippen LogP contribution in [0.2, 0.25) is 5.02 Å². The average Bonchev–Trinajstić information content (AvgIpc) is 2.09. The van der Waals surface area contributed by atoms with E-state index in [0.29, 0.717) is 10.7 Å². The SMILES string of the molecule is CC(C)(O)C(C)(C)Nc1cc(Cl)ccc1N. The van der Waals surface area contributed by atoms with Gasteiger partial charge in [-0.1, -0.05) is 11.6 Å². The Labute approximate surface area is 102 Å². The standard InChI is InChI=1S/C12H19ClN2O/c1-11(2,12(3,4)16)15-10-7-8(13)5-6-9(10)14/h5-7,15-16H,14H2,1-4H3. The van der Waals surface area contributed by atoms with Crippen molar-refractivity contribution in [1.82, 2.24) is 0 Å². The highest BCUT2D eigenvalue weighted by atomic mass is 35.5. The molecule has 0 aromatic heterocycles. The number of nitrogens with two attached hydrogens (primary N) is 1. The van der Waals surface area contributed by atoms with Crippen molar-refractivity contribution in [2.75, 3.05) is 11.1 Å². The van der Waals surface area contributed by atoms with Gasteiger partial charge in [-0.05, 0) is 45.9 Å². The molecule has 1 rings (SSSR count). The van der Waals surface area contributed by atoms with E-state index in [1.807, 2.05) is 13.8 Å². The van der Waals surface area contributed by atoms with E-state index in [1.54, 1.807) is 32.0 Å². The summed E-state index contributed by atoms with van der Waals surface area (Å²) in [4.78, 5) is 0. The van der Waals surface area contributed by atoms with Crippen LogP contribution in [0.15, 0.2) is 18.2 Å². The fourth-order valence-electron chi connectivity index (χ4n) is 1.13. The summed E-state index contributed by atoms with van der Waals surface area (Å²) in [6.07, 6.45) is 0. The van der Waals surface area contributed by atoms with Gasteiger partial charge in [-0.2, -0.15) is 0 Å². The second-order valence-corrected chi connectivity index (χ2v) is 5.48. The summed E-state index contributed by atoms with van der Waals surface area (Å²) in [6, 6.07) is 5.23. The molecule has 0 heterocycles. The van der Waals surface area contributed by atoms with Gasteiger partial charge in [-0.25, -0.2) is 0 Å². The summed E-state index contributed by atoms with van der Waals surface area (Å²) in [5.74, 6) is 0. The van der Waals surface area contributed by atoms with Crippen LogP contribution in [-0.2, 0) is 0 Å². The maximum Gasteiger partial charge on any atom is 0.0814 e. The molecule has 0 unspecified atom stereocenters. The lowest BCUT2D eigenvalue weighted by atomic mass is 9.85. The summed E-state index contributed by atoms with van der Waals surface area (Å²) in [6.45, 7) is 7.32. The third-order valence-corrected chi connectivity index (χ3v) is 3.23. The minimum Gasteiger partial charge on any atom is -0.397 e. The number of benzene rings is 1. The molecular formula is C12H19ClN2O. The third-order valence-electron chi connectivity index (χ3n) is 2.99. The van der Waals surface area contributed by atoms with E-state index >= 15 is 0 Å². The van der Waals surface area contributed by atoms with Crippen molar-refractivity contribution in [3.05, 3.63) is 23.2 Å². The van der Waals surface area contributed by atoms with E-state index in [0.717, 1.165) is 5.69 Å². The summed E-state index contributed by atoms with van der Waals surface area (Å²) in [7, 11) is 0. The molecular weight excluding hydrogens is 224 g/mol. The van der Waals surface area contributed by atoms with E-state index < -0.39 is 11.1 Å². The molecule has 0 fully saturated rings.